The van der Waals surface area contributed by atoms with Crippen LogP contribution >= 0.6 is 0 Å². The molecule has 1 aromatic heterocycles. The van der Waals surface area contributed by atoms with E-state index in [2.05, 4.69) is 28.2 Å². The first-order valence-electron chi connectivity index (χ1n) is 11.4. The van der Waals surface area contributed by atoms with Gasteiger partial charge in [0.1, 0.15) is 23.7 Å². The lowest BCUT2D eigenvalue weighted by molar-refractivity contribution is 0.0520. The van der Waals surface area contributed by atoms with Gasteiger partial charge in [-0.2, -0.15) is 0 Å². The van der Waals surface area contributed by atoms with Gasteiger partial charge in [-0.15, -0.1) is 0 Å². The Balaban J connectivity index is 1.32. The number of piperidine rings is 1. The number of esters is 1. The number of likely N-dealkylation sites (tertiary alicyclic amines) is 1. The molecule has 0 saturated carbocycles. The van der Waals surface area contributed by atoms with Crippen LogP contribution in [0.3, 0.4) is 0 Å². The van der Waals surface area contributed by atoms with E-state index < -0.39 is 0 Å². The molecule has 0 atom stereocenters. The molecule has 0 radical (unpaired) electrons. The minimum absolute atomic E-state index is 0.331. The molecule has 2 aromatic carbocycles. The van der Waals surface area contributed by atoms with Crippen LogP contribution < -0.4 is 9.47 Å². The Bertz CT molecular complexity index is 1070. The molecular formula is C26H32N2O4. The van der Waals surface area contributed by atoms with Crippen LogP contribution in [0.1, 0.15) is 47.2 Å². The van der Waals surface area contributed by atoms with E-state index in [1.54, 1.807) is 7.11 Å². The van der Waals surface area contributed by atoms with Gasteiger partial charge in [0, 0.05) is 23.6 Å². The number of benzene rings is 2. The van der Waals surface area contributed by atoms with Gasteiger partial charge in [-0.3, -0.25) is 4.90 Å². The summed E-state index contributed by atoms with van der Waals surface area (Å²) in [6, 6.07) is 11.9. The van der Waals surface area contributed by atoms with Crippen LogP contribution in [0.25, 0.3) is 10.9 Å². The Labute approximate surface area is 189 Å². The number of aromatic amines is 1. The number of methoxy groups -OCH3 is 1. The third-order valence-electron chi connectivity index (χ3n) is 6.24. The Morgan fingerprint density at radius 3 is 2.72 bits per heavy atom. The maximum Gasteiger partial charge on any atom is 0.341 e. The van der Waals surface area contributed by atoms with E-state index in [-0.39, 0.29) is 5.97 Å². The number of H-pyrrole nitrogens is 1. The van der Waals surface area contributed by atoms with Gasteiger partial charge in [0.15, 0.2) is 0 Å². The molecule has 0 unspecified atom stereocenters. The predicted molar refractivity (Wildman–Crippen MR) is 126 cm³/mol. The topological polar surface area (TPSA) is 63.8 Å². The maximum atomic E-state index is 12.2. The smallest absolute Gasteiger partial charge is 0.341 e. The quantitative estimate of drug-likeness (QED) is 0.508. The lowest BCUT2D eigenvalue weighted by Crippen LogP contribution is -2.35. The highest BCUT2D eigenvalue weighted by molar-refractivity contribution is 5.92. The largest absolute Gasteiger partial charge is 0.497 e. The molecule has 0 amide bonds. The van der Waals surface area contributed by atoms with Gasteiger partial charge >= 0.3 is 5.97 Å². The number of hydrogen-bond donors (Lipinski definition) is 1. The number of carbonyl (C=O) groups excluding carboxylic acids is 1. The summed E-state index contributed by atoms with van der Waals surface area (Å²) in [5.74, 6) is 1.70. The van der Waals surface area contributed by atoms with Crippen molar-refractivity contribution in [1.29, 1.82) is 0 Å². The summed E-state index contributed by atoms with van der Waals surface area (Å²) >= 11 is 0. The maximum absolute atomic E-state index is 12.2. The van der Waals surface area contributed by atoms with Gasteiger partial charge in [-0.25, -0.2) is 4.79 Å². The van der Waals surface area contributed by atoms with Gasteiger partial charge in [-0.05, 0) is 81.6 Å². The summed E-state index contributed by atoms with van der Waals surface area (Å²) in [6.07, 6.45) is 4.38. The van der Waals surface area contributed by atoms with Crippen LogP contribution in [-0.4, -0.2) is 55.8 Å². The third-order valence-corrected chi connectivity index (χ3v) is 6.24. The highest BCUT2D eigenvalue weighted by Gasteiger charge is 2.23. The van der Waals surface area contributed by atoms with E-state index in [1.807, 2.05) is 38.1 Å². The van der Waals surface area contributed by atoms with Crippen LogP contribution in [0.2, 0.25) is 0 Å². The summed E-state index contributed by atoms with van der Waals surface area (Å²) in [6.45, 7) is 7.57. The Kier molecular flexibility index (Phi) is 7.00. The minimum Gasteiger partial charge on any atom is -0.497 e. The van der Waals surface area contributed by atoms with E-state index in [0.29, 0.717) is 30.4 Å². The van der Waals surface area contributed by atoms with E-state index in [4.69, 9.17) is 14.2 Å². The molecule has 1 N–H and O–H groups in total. The first kappa shape index (κ1) is 22.2. The molecule has 170 valence electrons. The zero-order chi connectivity index (χ0) is 22.5. The van der Waals surface area contributed by atoms with E-state index >= 15 is 0 Å². The summed E-state index contributed by atoms with van der Waals surface area (Å²) in [4.78, 5) is 18.1. The summed E-state index contributed by atoms with van der Waals surface area (Å²) < 4.78 is 16.6. The van der Waals surface area contributed by atoms with Crippen LogP contribution in [-0.2, 0) is 4.74 Å². The molecule has 3 aromatic rings. The summed E-state index contributed by atoms with van der Waals surface area (Å²) in [5, 5.41) is 1.26. The molecule has 1 aliphatic heterocycles. The number of carbonyl (C=O) groups is 1. The van der Waals surface area contributed by atoms with Crippen molar-refractivity contribution < 1.29 is 19.0 Å². The highest BCUT2D eigenvalue weighted by Crippen LogP contribution is 2.34. The zero-order valence-electron chi connectivity index (χ0n) is 19.1. The highest BCUT2D eigenvalue weighted by atomic mass is 16.5. The fourth-order valence-corrected chi connectivity index (χ4v) is 4.48. The average molecular weight is 437 g/mol. The van der Waals surface area contributed by atoms with Crippen molar-refractivity contribution in [2.75, 3.05) is 40.0 Å². The SMILES string of the molecule is CCOC(=O)c1cc(C)ccc1OCCN1CCC(c2c[nH]c3ccc(OC)cc23)CC1. The zero-order valence-corrected chi connectivity index (χ0v) is 19.1. The Hall–Kier alpha value is -2.99. The molecule has 0 bridgehead atoms. The molecule has 2 heterocycles. The molecule has 1 aliphatic rings. The van der Waals surface area contributed by atoms with Crippen molar-refractivity contribution in [2.45, 2.75) is 32.6 Å². The molecule has 1 fully saturated rings. The van der Waals surface area contributed by atoms with Crippen LogP contribution in [0, 0.1) is 6.92 Å². The van der Waals surface area contributed by atoms with Crippen molar-refractivity contribution in [3.8, 4) is 11.5 Å². The molecule has 0 spiro atoms. The van der Waals surface area contributed by atoms with Crippen LogP contribution in [0.4, 0.5) is 0 Å². The van der Waals surface area contributed by atoms with Crippen LogP contribution in [0.5, 0.6) is 11.5 Å². The molecule has 6 nitrogen and oxygen atoms in total. The standard InChI is InChI=1S/C26H32N2O4/c1-4-31-26(29)22-15-18(2)5-8-25(22)32-14-13-28-11-9-19(10-12-28)23-17-27-24-7-6-20(30-3)16-21(23)24/h5-8,15-17,19,27H,4,9-14H2,1-3H3. The minimum atomic E-state index is -0.331. The van der Waals surface area contributed by atoms with Gasteiger partial charge in [-0.1, -0.05) is 11.6 Å². The fourth-order valence-electron chi connectivity index (χ4n) is 4.48. The molecule has 1 saturated heterocycles. The number of hydrogen-bond acceptors (Lipinski definition) is 5. The Morgan fingerprint density at radius 2 is 1.97 bits per heavy atom. The summed E-state index contributed by atoms with van der Waals surface area (Å²) in [7, 11) is 1.71. The second kappa shape index (κ2) is 10.1. The number of rotatable bonds is 8. The molecule has 32 heavy (non-hydrogen) atoms. The van der Waals surface area contributed by atoms with Crippen molar-refractivity contribution in [3.05, 3.63) is 59.3 Å². The number of nitrogens with zero attached hydrogens (tertiary/aromatic N) is 1. The second-order valence-corrected chi connectivity index (χ2v) is 8.34. The first-order valence-corrected chi connectivity index (χ1v) is 11.4. The molecular weight excluding hydrogens is 404 g/mol. The Morgan fingerprint density at radius 1 is 1.16 bits per heavy atom. The van der Waals surface area contributed by atoms with Gasteiger partial charge in [0.05, 0.1) is 13.7 Å². The molecule has 6 heteroatoms. The number of nitrogens with one attached hydrogen (secondary N) is 1. The van der Waals surface area contributed by atoms with Crippen molar-refractivity contribution in [1.82, 2.24) is 9.88 Å². The average Bonchev–Trinajstić information content (AvgIpc) is 3.23. The van der Waals surface area contributed by atoms with E-state index in [1.165, 1.54) is 10.9 Å². The number of aryl methyl sites for hydroxylation is 1. The van der Waals surface area contributed by atoms with Crippen LogP contribution in [0.15, 0.2) is 42.6 Å². The summed E-state index contributed by atoms with van der Waals surface area (Å²) in [5.41, 5.74) is 4.05. The van der Waals surface area contributed by atoms with Gasteiger partial charge < -0.3 is 19.2 Å². The first-order chi connectivity index (χ1) is 15.6. The van der Waals surface area contributed by atoms with Gasteiger partial charge in [0.25, 0.3) is 0 Å². The van der Waals surface area contributed by atoms with Crippen molar-refractivity contribution in [2.24, 2.45) is 0 Å². The molecule has 0 aliphatic carbocycles. The van der Waals surface area contributed by atoms with E-state index in [9.17, 15) is 4.79 Å². The lowest BCUT2D eigenvalue weighted by Gasteiger charge is -2.31. The van der Waals surface area contributed by atoms with Crippen molar-refractivity contribution >= 4 is 16.9 Å². The number of fused-ring (bicyclic) bond motifs is 1. The third kappa shape index (κ3) is 4.91. The van der Waals surface area contributed by atoms with E-state index in [0.717, 1.165) is 49.3 Å². The number of aromatic nitrogens is 1. The van der Waals surface area contributed by atoms with Crippen molar-refractivity contribution in [3.63, 3.8) is 0 Å². The normalized spacial score (nSPS) is 15.1. The second-order valence-electron chi connectivity index (χ2n) is 8.34. The van der Waals surface area contributed by atoms with Gasteiger partial charge in [0.2, 0.25) is 0 Å². The lowest BCUT2D eigenvalue weighted by atomic mass is 9.89. The molecule has 4 rings (SSSR count). The number of ether oxygens (including phenoxy) is 3. The monoisotopic (exact) mass is 436 g/mol. The predicted octanol–water partition coefficient (Wildman–Crippen LogP) is 4.92. The fraction of sp³-hybridized carbons (Fsp3) is 0.423.